The van der Waals surface area contributed by atoms with Crippen molar-refractivity contribution in [3.63, 3.8) is 0 Å². The molecule has 0 aromatic heterocycles. The molecule has 0 bridgehead atoms. The summed E-state index contributed by atoms with van der Waals surface area (Å²) in [5.41, 5.74) is 12.2. The van der Waals surface area contributed by atoms with Crippen molar-refractivity contribution in [1.82, 2.24) is 0 Å². The van der Waals surface area contributed by atoms with Gasteiger partial charge in [0.2, 0.25) is 0 Å². The fourth-order valence-corrected chi connectivity index (χ4v) is 12.5. The topological polar surface area (TPSA) is 0 Å². The average molecular weight is 561 g/mol. The molecule has 0 radical (unpaired) electrons. The number of hydrogen-bond acceptors (Lipinski definition) is 0. The quantitative estimate of drug-likeness (QED) is 0.529. The van der Waals surface area contributed by atoms with E-state index in [9.17, 15) is 0 Å². The molecule has 2 aromatic rings. The van der Waals surface area contributed by atoms with Crippen molar-refractivity contribution in [2.45, 2.75) is 76.8 Å². The SMILES string of the molecule is [CH2]=[Zr+2]([C]1=C(C)C(C)=CC1C)[CH]1c2cc(C(C)(C)C)ccc2-c2ccc(C(C)(C)C)cc21.[Cl-].[Cl-]. The van der Waals surface area contributed by atoms with Gasteiger partial charge in [0.1, 0.15) is 0 Å². The van der Waals surface area contributed by atoms with Gasteiger partial charge in [0.25, 0.3) is 0 Å². The molecule has 33 heavy (non-hydrogen) atoms. The summed E-state index contributed by atoms with van der Waals surface area (Å²) in [6.07, 6.45) is 2.46. The van der Waals surface area contributed by atoms with Crippen molar-refractivity contribution in [3.8, 4) is 11.1 Å². The Morgan fingerprint density at radius 3 is 1.52 bits per heavy atom. The van der Waals surface area contributed by atoms with Crippen LogP contribution < -0.4 is 24.8 Å². The Morgan fingerprint density at radius 2 is 1.18 bits per heavy atom. The van der Waals surface area contributed by atoms with Gasteiger partial charge in [0.15, 0.2) is 0 Å². The summed E-state index contributed by atoms with van der Waals surface area (Å²) in [6.45, 7) is 21.0. The smallest absolute Gasteiger partial charge is 1.00 e. The van der Waals surface area contributed by atoms with Gasteiger partial charge < -0.3 is 24.8 Å². The van der Waals surface area contributed by atoms with Crippen LogP contribution in [0.1, 0.15) is 88.2 Å². The Balaban J connectivity index is 0.00000193. The maximum atomic E-state index is 5.02. The van der Waals surface area contributed by atoms with E-state index in [0.29, 0.717) is 9.54 Å². The standard InChI is InChI=1S/C21H25.C8H11.CH2.2ClH.Zr/c1-20(2,3)16-7-9-18-14(12-16)11-15-13-17(21(4,5)6)8-10-19(15)18;1-6-4-7(2)8(3)5-6;;;;/h7-13H,1-6H3;4,6H,1-3H3;1H2;2*1H;/q;;;;;+2/p-2. The van der Waals surface area contributed by atoms with E-state index in [-0.39, 0.29) is 35.6 Å². The summed E-state index contributed by atoms with van der Waals surface area (Å²) in [6, 6.07) is 14.5. The van der Waals surface area contributed by atoms with E-state index in [1.54, 1.807) is 14.4 Å². The van der Waals surface area contributed by atoms with Crippen LogP contribution in [0.5, 0.6) is 0 Å². The Labute approximate surface area is 221 Å². The zero-order chi connectivity index (χ0) is 22.9. The second kappa shape index (κ2) is 9.72. The summed E-state index contributed by atoms with van der Waals surface area (Å²) in [7, 11) is 0. The van der Waals surface area contributed by atoms with Crippen LogP contribution in [0.25, 0.3) is 11.1 Å². The number of halogens is 2. The van der Waals surface area contributed by atoms with Crippen LogP contribution >= 0.6 is 0 Å². The molecule has 1 unspecified atom stereocenters. The first kappa shape index (κ1) is 28.5. The van der Waals surface area contributed by atoms with Gasteiger partial charge in [-0.1, -0.05) is 0 Å². The minimum absolute atomic E-state index is 0. The summed E-state index contributed by atoms with van der Waals surface area (Å²) >= 11 is -2.23. The van der Waals surface area contributed by atoms with Crippen LogP contribution in [-0.2, 0) is 32.1 Å². The maximum Gasteiger partial charge on any atom is -1.00 e. The maximum absolute atomic E-state index is 5.02. The van der Waals surface area contributed by atoms with Crippen LogP contribution in [0.15, 0.2) is 56.9 Å². The minimum atomic E-state index is -2.23. The fraction of sp³-hybridized carbons (Fsp3) is 0.433. The molecule has 0 nitrogen and oxygen atoms in total. The zero-order valence-corrected chi connectivity index (χ0v) is 25.6. The third-order valence-corrected chi connectivity index (χ3v) is 14.4. The van der Waals surface area contributed by atoms with E-state index in [1.165, 1.54) is 33.4 Å². The molecule has 0 fully saturated rings. The van der Waals surface area contributed by atoms with Crippen molar-refractivity contribution in [3.05, 3.63) is 79.2 Å². The molecule has 3 heteroatoms. The van der Waals surface area contributed by atoms with Gasteiger partial charge in [0, 0.05) is 0 Å². The summed E-state index contributed by atoms with van der Waals surface area (Å²) in [5, 5.41) is 0. The van der Waals surface area contributed by atoms with Crippen LogP contribution in [0.2, 0.25) is 0 Å². The molecule has 0 heterocycles. The van der Waals surface area contributed by atoms with Gasteiger partial charge in [-0.3, -0.25) is 0 Å². The van der Waals surface area contributed by atoms with Gasteiger partial charge in [-0.05, 0) is 0 Å². The second-order valence-corrected chi connectivity index (χ2v) is 17.1. The number of rotatable bonds is 2. The predicted octanol–water partition coefficient (Wildman–Crippen LogP) is 2.28. The molecule has 2 aromatic carbocycles. The van der Waals surface area contributed by atoms with Gasteiger partial charge in [0.05, 0.1) is 0 Å². The van der Waals surface area contributed by atoms with E-state index in [1.807, 2.05) is 0 Å². The number of fused-ring (bicyclic) bond motifs is 3. The molecule has 1 atom stereocenters. The average Bonchev–Trinajstić information content (AvgIpc) is 3.12. The molecule has 0 amide bonds. The zero-order valence-electron chi connectivity index (χ0n) is 21.7. The van der Waals surface area contributed by atoms with Crippen molar-refractivity contribution in [1.29, 1.82) is 0 Å². The molecule has 0 spiro atoms. The molecular weight excluding hydrogens is 522 g/mol. The van der Waals surface area contributed by atoms with Crippen LogP contribution in [0.3, 0.4) is 0 Å². The van der Waals surface area contributed by atoms with E-state index < -0.39 is 21.3 Å². The molecule has 2 aliphatic carbocycles. The van der Waals surface area contributed by atoms with Crippen molar-refractivity contribution in [2.75, 3.05) is 0 Å². The molecule has 0 aliphatic heterocycles. The normalized spacial score (nSPS) is 17.5. The third kappa shape index (κ3) is 4.98. The molecule has 4 rings (SSSR count). The Hall–Kier alpha value is -0.747. The van der Waals surface area contributed by atoms with Gasteiger partial charge in [-0.25, -0.2) is 0 Å². The second-order valence-electron chi connectivity index (χ2n) is 11.7. The number of hydrogen-bond donors (Lipinski definition) is 0. The largest absolute Gasteiger partial charge is 1.00 e. The van der Waals surface area contributed by atoms with Gasteiger partial charge in [-0.15, -0.1) is 0 Å². The fourth-order valence-electron chi connectivity index (χ4n) is 5.40. The molecule has 176 valence electrons. The van der Waals surface area contributed by atoms with Crippen molar-refractivity contribution in [2.24, 2.45) is 5.92 Å². The van der Waals surface area contributed by atoms with E-state index >= 15 is 0 Å². The summed E-state index contributed by atoms with van der Waals surface area (Å²) < 4.78 is 7.24. The first-order chi connectivity index (χ1) is 14.3. The van der Waals surface area contributed by atoms with E-state index in [2.05, 4.69) is 105 Å². The molecular formula is C30H38Cl2Zr. The Bertz CT molecular complexity index is 1090. The number of benzene rings is 2. The van der Waals surface area contributed by atoms with Gasteiger partial charge in [-0.2, -0.15) is 0 Å². The molecule has 0 N–H and O–H groups in total. The molecule has 0 saturated heterocycles. The number of allylic oxidation sites excluding steroid dienone is 4. The van der Waals surface area contributed by atoms with Crippen LogP contribution in [-0.4, -0.2) is 4.21 Å². The first-order valence-electron chi connectivity index (χ1n) is 11.7. The Morgan fingerprint density at radius 1 is 0.758 bits per heavy atom. The van der Waals surface area contributed by atoms with E-state index in [0.717, 1.165) is 0 Å². The van der Waals surface area contributed by atoms with Crippen molar-refractivity contribution >= 4 is 4.21 Å². The van der Waals surface area contributed by atoms with Crippen LogP contribution in [0.4, 0.5) is 0 Å². The Kier molecular flexibility index (Phi) is 8.39. The summed E-state index contributed by atoms with van der Waals surface area (Å²) in [5.74, 6) is 0.552. The molecule has 2 aliphatic rings. The van der Waals surface area contributed by atoms with Gasteiger partial charge >= 0.3 is 198 Å². The first-order valence-corrected chi connectivity index (χ1v) is 16.1. The monoisotopic (exact) mass is 558 g/mol. The minimum Gasteiger partial charge on any atom is -1.00 e. The van der Waals surface area contributed by atoms with Crippen molar-refractivity contribution < 1.29 is 46.1 Å². The third-order valence-electron chi connectivity index (χ3n) is 7.39. The van der Waals surface area contributed by atoms with E-state index in [4.69, 9.17) is 4.21 Å². The van der Waals surface area contributed by atoms with Crippen LogP contribution in [0, 0.1) is 5.92 Å². The summed E-state index contributed by atoms with van der Waals surface area (Å²) in [4.78, 5) is 0. The molecule has 0 saturated carbocycles. The predicted molar refractivity (Wildman–Crippen MR) is 134 cm³/mol.